The van der Waals surface area contributed by atoms with Crippen LogP contribution in [0.3, 0.4) is 0 Å². The van der Waals surface area contributed by atoms with Crippen molar-refractivity contribution >= 4 is 17.4 Å². The van der Waals surface area contributed by atoms with E-state index in [1.165, 1.54) is 0 Å². The van der Waals surface area contributed by atoms with Gasteiger partial charge < -0.3 is 15.7 Å². The predicted octanol–water partition coefficient (Wildman–Crippen LogP) is 0.928. The SMILES string of the molecule is C[C@@H](CO)NC(=O)NCc1ccsc1. The molecule has 78 valence electrons. The molecular weight excluding hydrogens is 200 g/mol. The molecule has 0 fully saturated rings. The van der Waals surface area contributed by atoms with Crippen molar-refractivity contribution in [2.75, 3.05) is 6.61 Å². The van der Waals surface area contributed by atoms with Gasteiger partial charge in [-0.25, -0.2) is 4.79 Å². The van der Waals surface area contributed by atoms with E-state index in [1.54, 1.807) is 18.3 Å². The second kappa shape index (κ2) is 5.62. The van der Waals surface area contributed by atoms with Crippen LogP contribution < -0.4 is 10.6 Å². The van der Waals surface area contributed by atoms with E-state index in [4.69, 9.17) is 5.11 Å². The summed E-state index contributed by atoms with van der Waals surface area (Å²) in [6, 6.07) is 1.50. The normalized spacial score (nSPS) is 12.1. The molecule has 0 aliphatic rings. The molecule has 0 saturated carbocycles. The maximum absolute atomic E-state index is 11.2. The first kappa shape index (κ1) is 11.0. The highest BCUT2D eigenvalue weighted by Gasteiger charge is 2.04. The van der Waals surface area contributed by atoms with Crippen molar-refractivity contribution in [2.45, 2.75) is 19.5 Å². The average Bonchev–Trinajstić information content (AvgIpc) is 2.67. The van der Waals surface area contributed by atoms with Gasteiger partial charge in [0.15, 0.2) is 0 Å². The third kappa shape index (κ3) is 3.76. The molecule has 1 atom stereocenters. The molecule has 3 N–H and O–H groups in total. The van der Waals surface area contributed by atoms with Gasteiger partial charge in [0.1, 0.15) is 0 Å². The molecule has 5 heteroatoms. The zero-order valence-corrected chi connectivity index (χ0v) is 8.80. The fourth-order valence-electron chi connectivity index (χ4n) is 0.896. The number of nitrogens with one attached hydrogen (secondary N) is 2. The van der Waals surface area contributed by atoms with Crippen LogP contribution in [0.5, 0.6) is 0 Å². The minimum Gasteiger partial charge on any atom is -0.394 e. The maximum Gasteiger partial charge on any atom is 0.315 e. The number of aliphatic hydroxyl groups excluding tert-OH is 1. The lowest BCUT2D eigenvalue weighted by Gasteiger charge is -2.11. The van der Waals surface area contributed by atoms with Crippen molar-refractivity contribution in [1.82, 2.24) is 10.6 Å². The average molecular weight is 214 g/mol. The molecule has 0 radical (unpaired) electrons. The van der Waals surface area contributed by atoms with E-state index in [9.17, 15) is 4.79 Å². The third-order valence-corrected chi connectivity index (χ3v) is 2.42. The highest BCUT2D eigenvalue weighted by Crippen LogP contribution is 2.04. The first-order valence-electron chi connectivity index (χ1n) is 4.38. The van der Waals surface area contributed by atoms with Gasteiger partial charge in [0.05, 0.1) is 12.6 Å². The topological polar surface area (TPSA) is 61.4 Å². The fraction of sp³-hybridized carbons (Fsp3) is 0.444. The number of thiophene rings is 1. The number of hydrogen-bond acceptors (Lipinski definition) is 3. The van der Waals surface area contributed by atoms with Crippen molar-refractivity contribution in [3.05, 3.63) is 22.4 Å². The Morgan fingerprint density at radius 1 is 1.71 bits per heavy atom. The summed E-state index contributed by atoms with van der Waals surface area (Å²) in [6.07, 6.45) is 0. The van der Waals surface area contributed by atoms with Crippen molar-refractivity contribution < 1.29 is 9.90 Å². The van der Waals surface area contributed by atoms with E-state index in [2.05, 4.69) is 10.6 Å². The summed E-state index contributed by atoms with van der Waals surface area (Å²) in [7, 11) is 0. The zero-order chi connectivity index (χ0) is 10.4. The van der Waals surface area contributed by atoms with Crippen molar-refractivity contribution in [3.8, 4) is 0 Å². The first-order valence-corrected chi connectivity index (χ1v) is 5.33. The summed E-state index contributed by atoms with van der Waals surface area (Å²) in [4.78, 5) is 11.2. The number of carbonyl (C=O) groups excluding carboxylic acids is 1. The van der Waals surface area contributed by atoms with Gasteiger partial charge in [0.2, 0.25) is 0 Å². The number of aliphatic hydroxyl groups is 1. The van der Waals surface area contributed by atoms with Crippen LogP contribution in [0.15, 0.2) is 16.8 Å². The number of carbonyl (C=O) groups is 1. The largest absolute Gasteiger partial charge is 0.394 e. The summed E-state index contributed by atoms with van der Waals surface area (Å²) >= 11 is 1.60. The molecule has 1 aromatic rings. The monoisotopic (exact) mass is 214 g/mol. The van der Waals surface area contributed by atoms with Gasteiger partial charge in [-0.3, -0.25) is 0 Å². The smallest absolute Gasteiger partial charge is 0.315 e. The zero-order valence-electron chi connectivity index (χ0n) is 7.99. The molecule has 14 heavy (non-hydrogen) atoms. The Morgan fingerprint density at radius 3 is 3.07 bits per heavy atom. The minimum atomic E-state index is -0.252. The highest BCUT2D eigenvalue weighted by molar-refractivity contribution is 7.07. The van der Waals surface area contributed by atoms with Crippen LogP contribution in [0.25, 0.3) is 0 Å². The van der Waals surface area contributed by atoms with Crippen LogP contribution in [0.4, 0.5) is 4.79 Å². The molecule has 0 aliphatic carbocycles. The van der Waals surface area contributed by atoms with Gasteiger partial charge in [-0.15, -0.1) is 0 Å². The number of urea groups is 1. The lowest BCUT2D eigenvalue weighted by atomic mass is 10.3. The van der Waals surface area contributed by atoms with Gasteiger partial charge in [-0.05, 0) is 29.3 Å². The Kier molecular flexibility index (Phi) is 4.42. The standard InChI is InChI=1S/C9H14N2O2S/c1-7(5-12)11-9(13)10-4-8-2-3-14-6-8/h2-3,6-7,12H,4-5H2,1H3,(H2,10,11,13)/t7-/m0/s1. The van der Waals surface area contributed by atoms with Crippen LogP contribution in [-0.4, -0.2) is 23.8 Å². The van der Waals surface area contributed by atoms with Crippen molar-refractivity contribution in [3.63, 3.8) is 0 Å². The second-order valence-corrected chi connectivity index (χ2v) is 3.82. The molecular formula is C9H14N2O2S. The molecule has 0 spiro atoms. The van der Waals surface area contributed by atoms with Crippen molar-refractivity contribution in [1.29, 1.82) is 0 Å². The minimum absolute atomic E-state index is 0.0497. The second-order valence-electron chi connectivity index (χ2n) is 3.04. The first-order chi connectivity index (χ1) is 6.72. The van der Waals surface area contributed by atoms with Crippen LogP contribution in [0.1, 0.15) is 12.5 Å². The van der Waals surface area contributed by atoms with Crippen LogP contribution in [0, 0.1) is 0 Å². The van der Waals surface area contributed by atoms with E-state index in [1.807, 2.05) is 16.8 Å². The number of rotatable bonds is 4. The number of hydrogen-bond donors (Lipinski definition) is 3. The van der Waals surface area contributed by atoms with E-state index in [-0.39, 0.29) is 18.7 Å². The molecule has 0 aliphatic heterocycles. The predicted molar refractivity (Wildman–Crippen MR) is 56.2 cm³/mol. The lowest BCUT2D eigenvalue weighted by molar-refractivity contribution is 0.220. The summed E-state index contributed by atoms with van der Waals surface area (Å²) in [5.41, 5.74) is 1.09. The maximum atomic E-state index is 11.2. The summed E-state index contributed by atoms with van der Waals surface area (Å²) in [5, 5.41) is 17.9. The molecule has 0 bridgehead atoms. The highest BCUT2D eigenvalue weighted by atomic mass is 32.1. The van der Waals surface area contributed by atoms with E-state index in [0.29, 0.717) is 6.54 Å². The van der Waals surface area contributed by atoms with E-state index >= 15 is 0 Å². The Bertz CT molecular complexity index is 274. The molecule has 0 unspecified atom stereocenters. The molecule has 4 nitrogen and oxygen atoms in total. The third-order valence-electron chi connectivity index (χ3n) is 1.68. The summed E-state index contributed by atoms with van der Waals surface area (Å²) in [5.74, 6) is 0. The van der Waals surface area contributed by atoms with E-state index in [0.717, 1.165) is 5.56 Å². The van der Waals surface area contributed by atoms with Crippen LogP contribution in [-0.2, 0) is 6.54 Å². The summed E-state index contributed by atoms with van der Waals surface area (Å²) < 4.78 is 0. The van der Waals surface area contributed by atoms with Gasteiger partial charge >= 0.3 is 6.03 Å². The van der Waals surface area contributed by atoms with Gasteiger partial charge in [-0.2, -0.15) is 11.3 Å². The molecule has 0 saturated heterocycles. The number of amides is 2. The fourth-order valence-corrected chi connectivity index (χ4v) is 1.56. The van der Waals surface area contributed by atoms with Crippen LogP contribution >= 0.6 is 11.3 Å². The Hall–Kier alpha value is -1.07. The molecule has 1 aromatic heterocycles. The molecule has 0 aromatic carbocycles. The lowest BCUT2D eigenvalue weighted by Crippen LogP contribution is -2.41. The van der Waals surface area contributed by atoms with Crippen LogP contribution in [0.2, 0.25) is 0 Å². The summed E-state index contributed by atoms with van der Waals surface area (Å²) in [6.45, 7) is 2.21. The van der Waals surface area contributed by atoms with Crippen molar-refractivity contribution in [2.24, 2.45) is 0 Å². The Morgan fingerprint density at radius 2 is 2.50 bits per heavy atom. The van der Waals surface area contributed by atoms with Gasteiger partial charge in [-0.1, -0.05) is 0 Å². The van der Waals surface area contributed by atoms with Gasteiger partial charge in [0.25, 0.3) is 0 Å². The van der Waals surface area contributed by atoms with E-state index < -0.39 is 0 Å². The van der Waals surface area contributed by atoms with Gasteiger partial charge in [0, 0.05) is 6.54 Å². The Labute approximate surface area is 87.0 Å². The quantitative estimate of drug-likeness (QED) is 0.698. The molecule has 1 heterocycles. The Balaban J connectivity index is 2.22. The molecule has 1 rings (SSSR count). The molecule has 2 amide bonds.